The monoisotopic (exact) mass is 380 g/mol. The fourth-order valence-electron chi connectivity index (χ4n) is 5.48. The molecule has 0 heterocycles. The van der Waals surface area contributed by atoms with Crippen LogP contribution < -0.4 is 11.1 Å². The second-order valence-electron chi connectivity index (χ2n) is 8.70. The number of rotatable bonds is 3. The smallest absolute Gasteiger partial charge is 0.352 e. The van der Waals surface area contributed by atoms with Crippen molar-refractivity contribution in [3.8, 4) is 0 Å². The number of hydrogen-bond donors (Lipinski definition) is 2. The first-order valence-electron chi connectivity index (χ1n) is 10.0. The number of amides is 1. The minimum absolute atomic E-state index is 0.0922. The SMILES string of the molecule is NC1CC2CCCC(C1)C2NC(=O)C1(c2cccc(C(F)(F)F)c2)CCC1. The van der Waals surface area contributed by atoms with Crippen molar-refractivity contribution < 1.29 is 18.0 Å². The molecule has 0 spiro atoms. The first-order chi connectivity index (χ1) is 12.8. The van der Waals surface area contributed by atoms with Crippen molar-refractivity contribution in [3.05, 3.63) is 35.4 Å². The molecule has 27 heavy (non-hydrogen) atoms. The first-order valence-corrected chi connectivity index (χ1v) is 10.0. The highest BCUT2D eigenvalue weighted by atomic mass is 19.4. The van der Waals surface area contributed by atoms with E-state index in [0.29, 0.717) is 30.2 Å². The summed E-state index contributed by atoms with van der Waals surface area (Å²) in [6.07, 6.45) is 2.88. The van der Waals surface area contributed by atoms with Gasteiger partial charge in [-0.3, -0.25) is 4.79 Å². The van der Waals surface area contributed by atoms with Crippen LogP contribution in [0.1, 0.15) is 62.5 Å². The molecular weight excluding hydrogens is 353 g/mol. The van der Waals surface area contributed by atoms with Crippen molar-refractivity contribution >= 4 is 5.91 Å². The quantitative estimate of drug-likeness (QED) is 0.828. The Labute approximate surface area is 157 Å². The van der Waals surface area contributed by atoms with Crippen LogP contribution in [-0.4, -0.2) is 18.0 Å². The molecule has 3 saturated carbocycles. The molecule has 2 unspecified atom stereocenters. The zero-order chi connectivity index (χ0) is 19.2. The lowest BCUT2D eigenvalue weighted by molar-refractivity contribution is -0.138. The Morgan fingerprint density at radius 1 is 1.11 bits per heavy atom. The van der Waals surface area contributed by atoms with E-state index in [1.54, 1.807) is 6.07 Å². The van der Waals surface area contributed by atoms with Crippen LogP contribution >= 0.6 is 0 Å². The number of hydrogen-bond acceptors (Lipinski definition) is 2. The van der Waals surface area contributed by atoms with Gasteiger partial charge in [0.05, 0.1) is 11.0 Å². The average molecular weight is 380 g/mol. The molecule has 1 aromatic carbocycles. The third kappa shape index (κ3) is 3.37. The molecular formula is C21H27F3N2O. The van der Waals surface area contributed by atoms with Crippen LogP contribution in [0.25, 0.3) is 0 Å². The van der Waals surface area contributed by atoms with Crippen LogP contribution in [0.4, 0.5) is 13.2 Å². The largest absolute Gasteiger partial charge is 0.416 e. The van der Waals surface area contributed by atoms with Gasteiger partial charge >= 0.3 is 6.18 Å². The molecule has 1 aromatic rings. The van der Waals surface area contributed by atoms with E-state index >= 15 is 0 Å². The summed E-state index contributed by atoms with van der Waals surface area (Å²) in [5, 5.41) is 3.27. The molecule has 0 radical (unpaired) electrons. The summed E-state index contributed by atoms with van der Waals surface area (Å²) < 4.78 is 39.4. The van der Waals surface area contributed by atoms with Crippen LogP contribution in [0.5, 0.6) is 0 Å². The van der Waals surface area contributed by atoms with Gasteiger partial charge in [0.1, 0.15) is 0 Å². The van der Waals surface area contributed by atoms with E-state index < -0.39 is 17.2 Å². The normalized spacial score (nSPS) is 32.4. The van der Waals surface area contributed by atoms with Crippen LogP contribution in [0.15, 0.2) is 24.3 Å². The second-order valence-corrected chi connectivity index (χ2v) is 8.70. The molecule has 148 valence electrons. The number of benzene rings is 1. The third-order valence-corrected chi connectivity index (χ3v) is 7.06. The van der Waals surface area contributed by atoms with Gasteiger partial charge in [-0.1, -0.05) is 31.0 Å². The molecule has 6 heteroatoms. The van der Waals surface area contributed by atoms with Gasteiger partial charge < -0.3 is 11.1 Å². The van der Waals surface area contributed by atoms with Crippen molar-refractivity contribution in [1.29, 1.82) is 0 Å². The highest BCUT2D eigenvalue weighted by Crippen LogP contribution is 2.46. The molecule has 2 atom stereocenters. The maximum atomic E-state index is 13.3. The number of halogens is 3. The lowest BCUT2D eigenvalue weighted by atomic mass is 9.62. The Hall–Kier alpha value is -1.56. The van der Waals surface area contributed by atoms with Crippen LogP contribution in [-0.2, 0) is 16.4 Å². The van der Waals surface area contributed by atoms with E-state index in [1.807, 2.05) is 0 Å². The number of fused-ring (bicyclic) bond motifs is 2. The summed E-state index contributed by atoms with van der Waals surface area (Å²) in [4.78, 5) is 13.3. The van der Waals surface area contributed by atoms with Crippen molar-refractivity contribution in [2.75, 3.05) is 0 Å². The maximum Gasteiger partial charge on any atom is 0.416 e. The van der Waals surface area contributed by atoms with Gasteiger partial charge in [0, 0.05) is 12.1 Å². The number of nitrogens with one attached hydrogen (secondary N) is 1. The van der Waals surface area contributed by atoms with Crippen molar-refractivity contribution in [3.63, 3.8) is 0 Å². The molecule has 3 fully saturated rings. The molecule has 3 N–H and O–H groups in total. The Morgan fingerprint density at radius 3 is 2.33 bits per heavy atom. The molecule has 0 aliphatic heterocycles. The van der Waals surface area contributed by atoms with Crippen LogP contribution in [0.3, 0.4) is 0 Å². The van der Waals surface area contributed by atoms with Gasteiger partial charge in [0.2, 0.25) is 5.91 Å². The summed E-state index contributed by atoms with van der Waals surface area (Å²) in [6.45, 7) is 0. The Kier molecular flexibility index (Phi) is 4.73. The van der Waals surface area contributed by atoms with E-state index in [9.17, 15) is 18.0 Å². The summed E-state index contributed by atoms with van der Waals surface area (Å²) in [6, 6.07) is 5.64. The van der Waals surface area contributed by atoms with Crippen molar-refractivity contribution in [2.24, 2.45) is 17.6 Å². The highest BCUT2D eigenvalue weighted by Gasteiger charge is 2.49. The van der Waals surface area contributed by atoms with Crippen LogP contribution in [0, 0.1) is 11.8 Å². The van der Waals surface area contributed by atoms with Crippen molar-refractivity contribution in [1.82, 2.24) is 5.32 Å². The fraction of sp³-hybridized carbons (Fsp3) is 0.667. The fourth-order valence-corrected chi connectivity index (χ4v) is 5.48. The van der Waals surface area contributed by atoms with Gasteiger partial charge in [-0.05, 0) is 62.0 Å². The minimum atomic E-state index is -4.39. The summed E-state index contributed by atoms with van der Waals surface area (Å²) in [5.41, 5.74) is 5.18. The second kappa shape index (κ2) is 6.80. The van der Waals surface area contributed by atoms with Gasteiger partial charge in [-0.2, -0.15) is 13.2 Å². The topological polar surface area (TPSA) is 55.1 Å². The summed E-state index contributed by atoms with van der Waals surface area (Å²) in [7, 11) is 0. The summed E-state index contributed by atoms with van der Waals surface area (Å²) >= 11 is 0. The first kappa shape index (κ1) is 18.8. The molecule has 0 saturated heterocycles. The number of carbonyl (C=O) groups excluding carboxylic acids is 1. The standard InChI is InChI=1S/C21H27F3N2O/c22-21(23,24)16-7-2-6-15(12-16)20(8-3-9-20)19(27)26-18-13-4-1-5-14(18)11-17(25)10-13/h2,6-7,12-14,17-18H,1,3-5,8-11,25H2,(H,26,27). The summed E-state index contributed by atoms with van der Waals surface area (Å²) in [5.74, 6) is 0.704. The maximum absolute atomic E-state index is 13.3. The zero-order valence-corrected chi connectivity index (χ0v) is 15.4. The van der Waals surface area contributed by atoms with Gasteiger partial charge in [0.15, 0.2) is 0 Å². The Bertz CT molecular complexity index is 700. The third-order valence-electron chi connectivity index (χ3n) is 7.06. The molecule has 1 amide bonds. The number of nitrogens with two attached hydrogens (primary N) is 1. The minimum Gasteiger partial charge on any atom is -0.352 e. The molecule has 3 aliphatic carbocycles. The van der Waals surface area contributed by atoms with E-state index in [0.717, 1.165) is 44.2 Å². The molecule has 3 nitrogen and oxygen atoms in total. The predicted octanol–water partition coefficient (Wildman–Crippen LogP) is 4.15. The lowest BCUT2D eigenvalue weighted by Crippen LogP contribution is -2.59. The van der Waals surface area contributed by atoms with Gasteiger partial charge in [-0.25, -0.2) is 0 Å². The highest BCUT2D eigenvalue weighted by molar-refractivity contribution is 5.89. The van der Waals surface area contributed by atoms with E-state index in [4.69, 9.17) is 5.73 Å². The van der Waals surface area contributed by atoms with E-state index in [1.165, 1.54) is 12.5 Å². The zero-order valence-electron chi connectivity index (χ0n) is 15.4. The molecule has 2 bridgehead atoms. The van der Waals surface area contributed by atoms with Crippen LogP contribution in [0.2, 0.25) is 0 Å². The molecule has 4 rings (SSSR count). The lowest BCUT2D eigenvalue weighted by Gasteiger charge is -2.48. The van der Waals surface area contributed by atoms with Gasteiger partial charge in [-0.15, -0.1) is 0 Å². The predicted molar refractivity (Wildman–Crippen MR) is 96.9 cm³/mol. The van der Waals surface area contributed by atoms with Gasteiger partial charge in [0.25, 0.3) is 0 Å². The average Bonchev–Trinajstić information content (AvgIpc) is 2.54. The molecule has 0 aromatic heterocycles. The molecule has 3 aliphatic rings. The van der Waals surface area contributed by atoms with E-state index in [-0.39, 0.29) is 18.0 Å². The number of alkyl halides is 3. The Morgan fingerprint density at radius 2 is 1.78 bits per heavy atom. The van der Waals surface area contributed by atoms with E-state index in [2.05, 4.69) is 5.32 Å². The number of carbonyl (C=O) groups is 1. The Balaban J connectivity index is 1.57. The van der Waals surface area contributed by atoms with Crippen molar-refractivity contribution in [2.45, 2.75) is 75.0 Å².